The number of hydrogen-bond acceptors (Lipinski definition) is 0. The molecule has 0 N–H and O–H groups in total. The van der Waals surface area contributed by atoms with Crippen LogP contribution in [0.4, 0.5) is 4.39 Å². The van der Waals surface area contributed by atoms with E-state index >= 15 is 0 Å². The number of hydrogen-bond donors (Lipinski definition) is 0. The summed E-state index contributed by atoms with van der Waals surface area (Å²) in [5, 5.41) is 0. The standard InChI is InChI=1S/C11H17F/c1-4-9-6-7-11(3,12)8-10(9)5-2/h6-7H,4-5,8H2,1-3H3. The second kappa shape index (κ2) is 3.42. The number of allylic oxidation sites excluding steroid dienone is 4. The van der Waals surface area contributed by atoms with Gasteiger partial charge in [-0.2, -0.15) is 0 Å². The van der Waals surface area contributed by atoms with Gasteiger partial charge in [0.1, 0.15) is 5.67 Å². The van der Waals surface area contributed by atoms with E-state index in [4.69, 9.17) is 0 Å². The Balaban J connectivity index is 2.86. The molecular weight excluding hydrogens is 151 g/mol. The van der Waals surface area contributed by atoms with Crippen molar-refractivity contribution in [1.82, 2.24) is 0 Å². The first-order chi connectivity index (χ1) is 5.59. The van der Waals surface area contributed by atoms with Crippen molar-refractivity contribution >= 4 is 0 Å². The van der Waals surface area contributed by atoms with Gasteiger partial charge in [0.25, 0.3) is 0 Å². The van der Waals surface area contributed by atoms with Gasteiger partial charge < -0.3 is 0 Å². The van der Waals surface area contributed by atoms with Gasteiger partial charge in [0.05, 0.1) is 0 Å². The average molecular weight is 168 g/mol. The molecule has 0 aliphatic heterocycles. The van der Waals surface area contributed by atoms with Crippen LogP contribution in [-0.4, -0.2) is 5.67 Å². The van der Waals surface area contributed by atoms with E-state index in [2.05, 4.69) is 13.8 Å². The molecule has 0 radical (unpaired) electrons. The van der Waals surface area contributed by atoms with E-state index in [0.717, 1.165) is 12.8 Å². The lowest BCUT2D eigenvalue weighted by Gasteiger charge is -2.24. The molecule has 0 saturated heterocycles. The highest BCUT2D eigenvalue weighted by Gasteiger charge is 2.24. The van der Waals surface area contributed by atoms with Gasteiger partial charge in [0, 0.05) is 6.42 Å². The zero-order valence-corrected chi connectivity index (χ0v) is 8.15. The van der Waals surface area contributed by atoms with Crippen LogP contribution in [0.3, 0.4) is 0 Å². The van der Waals surface area contributed by atoms with Crippen LogP contribution in [0.2, 0.25) is 0 Å². The van der Waals surface area contributed by atoms with E-state index in [-0.39, 0.29) is 0 Å². The minimum absolute atomic E-state index is 0.586. The molecule has 1 aliphatic rings. The minimum Gasteiger partial charge on any atom is -0.239 e. The van der Waals surface area contributed by atoms with E-state index in [9.17, 15) is 4.39 Å². The topological polar surface area (TPSA) is 0 Å². The Morgan fingerprint density at radius 3 is 2.58 bits per heavy atom. The molecule has 1 aliphatic carbocycles. The van der Waals surface area contributed by atoms with Gasteiger partial charge in [0.15, 0.2) is 0 Å². The molecule has 0 aromatic heterocycles. The Morgan fingerprint density at radius 2 is 2.08 bits per heavy atom. The summed E-state index contributed by atoms with van der Waals surface area (Å²) in [4.78, 5) is 0. The van der Waals surface area contributed by atoms with E-state index in [1.807, 2.05) is 6.08 Å². The minimum atomic E-state index is -1.11. The molecule has 1 heteroatoms. The Kier molecular flexibility index (Phi) is 2.71. The SMILES string of the molecule is CCC1=C(CC)CC(C)(F)C=C1. The lowest BCUT2D eigenvalue weighted by atomic mass is 9.86. The van der Waals surface area contributed by atoms with Gasteiger partial charge >= 0.3 is 0 Å². The van der Waals surface area contributed by atoms with Crippen LogP contribution < -0.4 is 0 Å². The third-order valence-corrected chi connectivity index (χ3v) is 2.45. The first kappa shape index (κ1) is 9.50. The molecule has 68 valence electrons. The van der Waals surface area contributed by atoms with Crippen LogP contribution in [0, 0.1) is 0 Å². The molecule has 0 aromatic rings. The highest BCUT2D eigenvalue weighted by molar-refractivity contribution is 5.33. The molecular formula is C11H17F. The fraction of sp³-hybridized carbons (Fsp3) is 0.636. The number of alkyl halides is 1. The number of rotatable bonds is 2. The van der Waals surface area contributed by atoms with E-state index in [1.165, 1.54) is 11.1 Å². The predicted molar refractivity (Wildman–Crippen MR) is 50.9 cm³/mol. The van der Waals surface area contributed by atoms with Crippen molar-refractivity contribution < 1.29 is 4.39 Å². The lowest BCUT2D eigenvalue weighted by molar-refractivity contribution is 0.251. The smallest absolute Gasteiger partial charge is 0.130 e. The first-order valence-electron chi connectivity index (χ1n) is 4.68. The van der Waals surface area contributed by atoms with Crippen molar-refractivity contribution in [1.29, 1.82) is 0 Å². The maximum Gasteiger partial charge on any atom is 0.130 e. The van der Waals surface area contributed by atoms with Crippen molar-refractivity contribution in [2.75, 3.05) is 0 Å². The van der Waals surface area contributed by atoms with Crippen molar-refractivity contribution in [2.24, 2.45) is 0 Å². The Hall–Kier alpha value is -0.590. The van der Waals surface area contributed by atoms with Gasteiger partial charge in [-0.05, 0) is 31.4 Å². The van der Waals surface area contributed by atoms with Gasteiger partial charge in [-0.3, -0.25) is 0 Å². The molecule has 1 rings (SSSR count). The largest absolute Gasteiger partial charge is 0.239 e. The maximum atomic E-state index is 13.5. The van der Waals surface area contributed by atoms with E-state index < -0.39 is 5.67 Å². The normalized spacial score (nSPS) is 29.7. The predicted octanol–water partition coefficient (Wildman–Crippen LogP) is 3.79. The van der Waals surface area contributed by atoms with Crippen LogP contribution in [0.15, 0.2) is 23.3 Å². The Labute approximate surface area is 74.2 Å². The van der Waals surface area contributed by atoms with Crippen LogP contribution in [0.1, 0.15) is 40.0 Å². The fourth-order valence-electron chi connectivity index (χ4n) is 1.70. The summed E-state index contributed by atoms with van der Waals surface area (Å²) in [5.74, 6) is 0. The quantitative estimate of drug-likeness (QED) is 0.588. The molecule has 0 nitrogen and oxygen atoms in total. The Bertz CT molecular complexity index is 221. The molecule has 1 unspecified atom stereocenters. The number of halogens is 1. The second-order valence-electron chi connectivity index (χ2n) is 3.62. The highest BCUT2D eigenvalue weighted by atomic mass is 19.1. The second-order valence-corrected chi connectivity index (χ2v) is 3.62. The molecule has 1 atom stereocenters. The zero-order chi connectivity index (χ0) is 9.19. The molecule has 0 aromatic carbocycles. The summed E-state index contributed by atoms with van der Waals surface area (Å²) < 4.78 is 13.5. The van der Waals surface area contributed by atoms with Crippen molar-refractivity contribution in [2.45, 2.75) is 45.7 Å². The molecule has 0 bridgehead atoms. The summed E-state index contributed by atoms with van der Waals surface area (Å²) >= 11 is 0. The van der Waals surface area contributed by atoms with E-state index in [1.54, 1.807) is 13.0 Å². The van der Waals surface area contributed by atoms with Crippen LogP contribution in [0.5, 0.6) is 0 Å². The first-order valence-corrected chi connectivity index (χ1v) is 4.68. The molecule has 12 heavy (non-hydrogen) atoms. The molecule has 0 spiro atoms. The Morgan fingerprint density at radius 1 is 1.42 bits per heavy atom. The van der Waals surface area contributed by atoms with Gasteiger partial charge in [-0.1, -0.05) is 25.5 Å². The van der Waals surface area contributed by atoms with Crippen molar-refractivity contribution in [3.8, 4) is 0 Å². The monoisotopic (exact) mass is 168 g/mol. The van der Waals surface area contributed by atoms with Crippen LogP contribution in [0.25, 0.3) is 0 Å². The summed E-state index contributed by atoms with van der Waals surface area (Å²) in [6.07, 6.45) is 6.22. The zero-order valence-electron chi connectivity index (χ0n) is 8.15. The average Bonchev–Trinajstić information content (AvgIpc) is 2.03. The van der Waals surface area contributed by atoms with Gasteiger partial charge in [-0.25, -0.2) is 4.39 Å². The third-order valence-electron chi connectivity index (χ3n) is 2.45. The highest BCUT2D eigenvalue weighted by Crippen LogP contribution is 2.32. The molecule has 0 fully saturated rings. The molecule has 0 amide bonds. The lowest BCUT2D eigenvalue weighted by Crippen LogP contribution is -2.18. The third kappa shape index (κ3) is 1.96. The summed E-state index contributed by atoms with van der Waals surface area (Å²) in [7, 11) is 0. The van der Waals surface area contributed by atoms with Gasteiger partial charge in [0.2, 0.25) is 0 Å². The van der Waals surface area contributed by atoms with Crippen LogP contribution in [-0.2, 0) is 0 Å². The van der Waals surface area contributed by atoms with E-state index in [0.29, 0.717) is 6.42 Å². The summed E-state index contributed by atoms with van der Waals surface area (Å²) in [6, 6.07) is 0. The van der Waals surface area contributed by atoms with Crippen molar-refractivity contribution in [3.05, 3.63) is 23.3 Å². The molecule has 0 heterocycles. The maximum absolute atomic E-state index is 13.5. The summed E-state index contributed by atoms with van der Waals surface area (Å²) in [5.41, 5.74) is 1.50. The summed E-state index contributed by atoms with van der Waals surface area (Å²) in [6.45, 7) is 5.86. The molecule has 0 saturated carbocycles. The fourth-order valence-corrected chi connectivity index (χ4v) is 1.70. The van der Waals surface area contributed by atoms with Crippen LogP contribution >= 0.6 is 0 Å². The van der Waals surface area contributed by atoms with Gasteiger partial charge in [-0.15, -0.1) is 0 Å². The van der Waals surface area contributed by atoms with Crippen molar-refractivity contribution in [3.63, 3.8) is 0 Å².